The van der Waals surface area contributed by atoms with Gasteiger partial charge in [-0.1, -0.05) is 18.2 Å². The predicted molar refractivity (Wildman–Crippen MR) is 131 cm³/mol. The molecule has 186 valence electrons. The third-order valence-corrected chi connectivity index (χ3v) is 6.78. The molecule has 9 heteroatoms. The van der Waals surface area contributed by atoms with E-state index in [9.17, 15) is 29.4 Å². The molecule has 1 aliphatic heterocycles. The van der Waals surface area contributed by atoms with Gasteiger partial charge < -0.3 is 25.2 Å². The first-order valence-electron chi connectivity index (χ1n) is 11.3. The minimum absolute atomic E-state index is 0.0111. The van der Waals surface area contributed by atoms with Crippen molar-refractivity contribution >= 4 is 28.9 Å². The zero-order valence-electron chi connectivity index (χ0n) is 20.6. The summed E-state index contributed by atoms with van der Waals surface area (Å²) in [7, 11) is 1.62. The van der Waals surface area contributed by atoms with Crippen LogP contribution < -0.4 is 15.0 Å². The number of fused-ring (bicyclic) bond motifs is 3. The van der Waals surface area contributed by atoms with Crippen LogP contribution in [0.5, 0.6) is 17.2 Å². The fourth-order valence-corrected chi connectivity index (χ4v) is 4.57. The summed E-state index contributed by atoms with van der Waals surface area (Å²) in [5, 5.41) is 24.2. The number of aromatic hydroxyl groups is 2. The maximum atomic E-state index is 13.8. The zero-order chi connectivity index (χ0) is 26.5. The number of phenolic OH excluding ortho intramolecular Hbond substituents is 2. The number of amides is 1. The van der Waals surface area contributed by atoms with Crippen molar-refractivity contribution in [2.75, 3.05) is 18.5 Å². The Morgan fingerprint density at radius 1 is 1.08 bits per heavy atom. The van der Waals surface area contributed by atoms with Crippen molar-refractivity contribution in [3.8, 4) is 17.2 Å². The van der Waals surface area contributed by atoms with Crippen LogP contribution in [0.3, 0.4) is 0 Å². The number of nitrogens with one attached hydrogen (secondary N) is 1. The summed E-state index contributed by atoms with van der Waals surface area (Å²) in [4.78, 5) is 53.1. The predicted octanol–water partition coefficient (Wildman–Crippen LogP) is 2.82. The number of ketones is 3. The molecule has 4 rings (SSSR count). The molecule has 0 radical (unpaired) electrons. The molecule has 1 atom stereocenters. The van der Waals surface area contributed by atoms with E-state index in [1.807, 2.05) is 6.07 Å². The summed E-state index contributed by atoms with van der Waals surface area (Å²) in [6.45, 7) is 5.47. The number of rotatable bonds is 5. The molecule has 0 fully saturated rings. The lowest BCUT2D eigenvalue weighted by atomic mass is 9.70. The topological polar surface area (TPSA) is 133 Å². The monoisotopic (exact) mass is 490 g/mol. The number of Topliss-reactive ketones (excluding diaryl/α,β-unsaturated/α-hetero) is 2. The molecule has 2 aliphatic rings. The number of hydrogen-bond donors (Lipinski definition) is 3. The van der Waals surface area contributed by atoms with Crippen LogP contribution in [0.4, 0.5) is 5.69 Å². The molecule has 3 N–H and O–H groups in total. The second-order valence-corrected chi connectivity index (χ2v) is 9.03. The minimum atomic E-state index is -1.61. The first kappa shape index (κ1) is 24.7. The van der Waals surface area contributed by atoms with Gasteiger partial charge >= 0.3 is 0 Å². The van der Waals surface area contributed by atoms with E-state index >= 15 is 0 Å². The van der Waals surface area contributed by atoms with Crippen LogP contribution in [0.1, 0.15) is 42.3 Å². The zero-order valence-corrected chi connectivity index (χ0v) is 20.6. The molecular formula is C27H26N2O7. The van der Waals surface area contributed by atoms with E-state index in [4.69, 9.17) is 4.74 Å². The minimum Gasteiger partial charge on any atom is -0.507 e. The number of ether oxygens (including phenoxy) is 1. The van der Waals surface area contributed by atoms with Crippen molar-refractivity contribution in [3.63, 3.8) is 0 Å². The quantitative estimate of drug-likeness (QED) is 0.331. The molecule has 0 aromatic heterocycles. The third kappa shape index (κ3) is 3.55. The van der Waals surface area contributed by atoms with Gasteiger partial charge in [-0.05, 0) is 39.8 Å². The first-order chi connectivity index (χ1) is 16.9. The fraction of sp³-hybridized carbons (Fsp3) is 0.259. The number of phenols is 2. The molecule has 1 heterocycles. The van der Waals surface area contributed by atoms with Crippen molar-refractivity contribution in [2.24, 2.45) is 0 Å². The van der Waals surface area contributed by atoms with Crippen molar-refractivity contribution < 1.29 is 34.1 Å². The average Bonchev–Trinajstić information content (AvgIpc) is 3.13. The number of para-hydroxylation sites is 1. The fourth-order valence-electron chi connectivity index (χ4n) is 4.57. The average molecular weight is 491 g/mol. The number of likely N-dealkylation sites (N-methyl/N-ethyl adjacent to an activating group) is 1. The molecule has 2 aromatic rings. The van der Waals surface area contributed by atoms with Gasteiger partial charge in [-0.2, -0.15) is 0 Å². The third-order valence-electron chi connectivity index (χ3n) is 6.78. The first-order valence-corrected chi connectivity index (χ1v) is 11.3. The Labute approximate surface area is 207 Å². The Morgan fingerprint density at radius 2 is 1.72 bits per heavy atom. The van der Waals surface area contributed by atoms with E-state index in [-0.39, 0.29) is 51.9 Å². The van der Waals surface area contributed by atoms with Crippen LogP contribution in [-0.2, 0) is 19.8 Å². The molecule has 1 unspecified atom stereocenters. The molecule has 1 amide bonds. The SMILES string of the molecule is CC(=O)c1c(O)c(C)c(O)c2c1OC1=CC(=O)C(=C(C)NCC(=O)N(C)c3ccccc3)C(=O)C12C. The van der Waals surface area contributed by atoms with E-state index in [1.165, 1.54) is 32.6 Å². The van der Waals surface area contributed by atoms with E-state index in [2.05, 4.69) is 5.32 Å². The summed E-state index contributed by atoms with van der Waals surface area (Å²) in [6.07, 6.45) is 1.13. The van der Waals surface area contributed by atoms with E-state index in [1.54, 1.807) is 31.3 Å². The Balaban J connectivity index is 1.72. The van der Waals surface area contributed by atoms with Crippen LogP contribution in [0.25, 0.3) is 0 Å². The van der Waals surface area contributed by atoms with Gasteiger partial charge in [0.1, 0.15) is 34.0 Å². The number of carbonyl (C=O) groups excluding carboxylic acids is 4. The van der Waals surface area contributed by atoms with Gasteiger partial charge in [-0.15, -0.1) is 0 Å². The van der Waals surface area contributed by atoms with Gasteiger partial charge in [0.05, 0.1) is 17.7 Å². The number of benzene rings is 2. The second-order valence-electron chi connectivity index (χ2n) is 9.03. The van der Waals surface area contributed by atoms with Gasteiger partial charge in [-0.3, -0.25) is 19.2 Å². The normalized spacial score (nSPS) is 19.6. The van der Waals surface area contributed by atoms with Crippen LogP contribution in [0, 0.1) is 6.92 Å². The Morgan fingerprint density at radius 3 is 2.33 bits per heavy atom. The Kier molecular flexibility index (Phi) is 5.95. The summed E-state index contributed by atoms with van der Waals surface area (Å²) in [5.74, 6) is -3.16. The second kappa shape index (κ2) is 8.67. The lowest BCUT2D eigenvalue weighted by Crippen LogP contribution is -2.42. The Bertz CT molecular complexity index is 1410. The van der Waals surface area contributed by atoms with Gasteiger partial charge in [-0.25, -0.2) is 0 Å². The molecule has 0 bridgehead atoms. The summed E-state index contributed by atoms with van der Waals surface area (Å²) in [5.41, 5.74) is -1.07. The number of allylic oxidation sites excluding steroid dienone is 4. The van der Waals surface area contributed by atoms with Crippen LogP contribution in [0.15, 0.2) is 53.4 Å². The van der Waals surface area contributed by atoms with Crippen LogP contribution in [-0.4, -0.2) is 47.1 Å². The van der Waals surface area contributed by atoms with Crippen molar-refractivity contribution in [1.29, 1.82) is 0 Å². The van der Waals surface area contributed by atoms with Crippen molar-refractivity contribution in [2.45, 2.75) is 33.1 Å². The Hall–Kier alpha value is -4.40. The highest BCUT2D eigenvalue weighted by molar-refractivity contribution is 6.31. The van der Waals surface area contributed by atoms with Gasteiger partial charge in [0.25, 0.3) is 0 Å². The number of anilines is 1. The number of nitrogens with zero attached hydrogens (tertiary/aromatic N) is 1. The van der Waals surface area contributed by atoms with Crippen LogP contribution >= 0.6 is 0 Å². The molecule has 0 spiro atoms. The summed E-state index contributed by atoms with van der Waals surface area (Å²) < 4.78 is 5.75. The largest absolute Gasteiger partial charge is 0.507 e. The van der Waals surface area contributed by atoms with Crippen LogP contribution in [0.2, 0.25) is 0 Å². The number of hydrogen-bond acceptors (Lipinski definition) is 8. The highest BCUT2D eigenvalue weighted by atomic mass is 16.5. The standard InChI is InChI=1S/C27H26N2O7/c1-13-23(33)21(15(3)30)25-22(24(13)34)27(4)18(36-25)11-17(31)20(26(27)35)14(2)28-12-19(32)29(5)16-9-7-6-8-10-16/h6-11,28,33-34H,12H2,1-5H3. The highest BCUT2D eigenvalue weighted by Gasteiger charge is 2.56. The molecule has 0 saturated carbocycles. The molecule has 36 heavy (non-hydrogen) atoms. The molecule has 2 aromatic carbocycles. The van der Waals surface area contributed by atoms with Gasteiger partial charge in [0, 0.05) is 30.1 Å². The van der Waals surface area contributed by atoms with Crippen molar-refractivity contribution in [3.05, 3.63) is 70.1 Å². The highest BCUT2D eigenvalue weighted by Crippen LogP contribution is 2.57. The van der Waals surface area contributed by atoms with Gasteiger partial charge in [0.2, 0.25) is 5.91 Å². The molecular weight excluding hydrogens is 464 g/mol. The molecule has 9 nitrogen and oxygen atoms in total. The smallest absolute Gasteiger partial charge is 0.246 e. The van der Waals surface area contributed by atoms with Crippen molar-refractivity contribution in [1.82, 2.24) is 5.32 Å². The lowest BCUT2D eigenvalue weighted by molar-refractivity contribution is -0.124. The number of carbonyl (C=O) groups is 4. The summed E-state index contributed by atoms with van der Waals surface area (Å²) in [6, 6.07) is 9.01. The lowest BCUT2D eigenvalue weighted by Gasteiger charge is -2.29. The maximum absolute atomic E-state index is 13.8. The molecule has 0 saturated heterocycles. The van der Waals surface area contributed by atoms with E-state index in [0.717, 1.165) is 6.08 Å². The van der Waals surface area contributed by atoms with E-state index < -0.39 is 34.3 Å². The molecule has 1 aliphatic carbocycles. The van der Waals surface area contributed by atoms with Gasteiger partial charge in [0.15, 0.2) is 17.3 Å². The summed E-state index contributed by atoms with van der Waals surface area (Å²) >= 11 is 0. The van der Waals surface area contributed by atoms with E-state index in [0.29, 0.717) is 5.69 Å². The maximum Gasteiger partial charge on any atom is 0.246 e.